The number of H-pyrrole nitrogens is 1. The number of aliphatic hydroxyl groups is 1. The standard InChI is InChI=1S/C12H11NO4/c14-7-2-1-4-8-5-3-6-9-10(8)11(15)17-12(16)13-9/h1,3-6,14H,2,7H2,(H,13,16). The number of rotatable bonds is 3. The van der Waals surface area contributed by atoms with Crippen molar-refractivity contribution in [3.8, 4) is 0 Å². The molecule has 5 heteroatoms. The summed E-state index contributed by atoms with van der Waals surface area (Å²) in [7, 11) is 0. The van der Waals surface area contributed by atoms with Gasteiger partial charge in [0.05, 0.1) is 10.9 Å². The van der Waals surface area contributed by atoms with E-state index in [1.54, 1.807) is 30.4 Å². The Bertz CT molecular complexity index is 666. The third-order valence-corrected chi connectivity index (χ3v) is 2.32. The quantitative estimate of drug-likeness (QED) is 0.824. The minimum absolute atomic E-state index is 0.0483. The number of aromatic nitrogens is 1. The van der Waals surface area contributed by atoms with E-state index in [1.165, 1.54) is 0 Å². The van der Waals surface area contributed by atoms with Gasteiger partial charge >= 0.3 is 11.4 Å². The van der Waals surface area contributed by atoms with Crippen molar-refractivity contribution in [2.75, 3.05) is 6.61 Å². The van der Waals surface area contributed by atoms with Crippen molar-refractivity contribution in [1.82, 2.24) is 4.98 Å². The minimum atomic E-state index is -0.765. The molecule has 1 heterocycles. The molecule has 0 aliphatic heterocycles. The highest BCUT2D eigenvalue weighted by molar-refractivity contribution is 5.86. The molecule has 1 aromatic carbocycles. The maximum absolute atomic E-state index is 11.6. The van der Waals surface area contributed by atoms with Crippen molar-refractivity contribution in [1.29, 1.82) is 0 Å². The van der Waals surface area contributed by atoms with Crippen molar-refractivity contribution >= 4 is 17.0 Å². The number of hydrogen-bond acceptors (Lipinski definition) is 4. The Morgan fingerprint density at radius 2 is 2.18 bits per heavy atom. The molecule has 0 aliphatic carbocycles. The Labute approximate surface area is 96.0 Å². The number of fused-ring (bicyclic) bond motifs is 1. The average Bonchev–Trinajstić information content (AvgIpc) is 2.28. The van der Waals surface area contributed by atoms with Crippen LogP contribution in [0.3, 0.4) is 0 Å². The van der Waals surface area contributed by atoms with E-state index in [-0.39, 0.29) is 6.61 Å². The lowest BCUT2D eigenvalue weighted by atomic mass is 10.1. The second-order valence-corrected chi connectivity index (χ2v) is 3.49. The summed E-state index contributed by atoms with van der Waals surface area (Å²) in [5.74, 6) is -0.765. The largest absolute Gasteiger partial charge is 0.419 e. The van der Waals surface area contributed by atoms with Crippen LogP contribution in [-0.4, -0.2) is 16.7 Å². The molecule has 0 unspecified atom stereocenters. The maximum atomic E-state index is 11.6. The van der Waals surface area contributed by atoms with Crippen molar-refractivity contribution in [2.45, 2.75) is 6.42 Å². The normalized spacial score (nSPS) is 11.4. The summed E-state index contributed by atoms with van der Waals surface area (Å²) in [6.45, 7) is 0.0483. The van der Waals surface area contributed by atoms with E-state index in [2.05, 4.69) is 9.40 Å². The van der Waals surface area contributed by atoms with Gasteiger partial charge in [-0.2, -0.15) is 0 Å². The van der Waals surface area contributed by atoms with Crippen LogP contribution in [0, 0.1) is 0 Å². The Hall–Kier alpha value is -2.14. The molecule has 2 N–H and O–H groups in total. The fourth-order valence-corrected chi connectivity index (χ4v) is 1.60. The van der Waals surface area contributed by atoms with Gasteiger partial charge in [-0.25, -0.2) is 9.59 Å². The number of aromatic amines is 1. The van der Waals surface area contributed by atoms with Crippen LogP contribution in [0.2, 0.25) is 0 Å². The molecule has 2 aromatic rings. The van der Waals surface area contributed by atoms with Crippen LogP contribution in [0.1, 0.15) is 12.0 Å². The van der Waals surface area contributed by atoms with Crippen LogP contribution in [-0.2, 0) is 0 Å². The molecule has 1 aromatic heterocycles. The van der Waals surface area contributed by atoms with Gasteiger partial charge in [0.2, 0.25) is 0 Å². The summed E-state index contributed by atoms with van der Waals surface area (Å²) in [6, 6.07) is 5.11. The third-order valence-electron chi connectivity index (χ3n) is 2.32. The van der Waals surface area contributed by atoms with Gasteiger partial charge in [0.25, 0.3) is 0 Å². The van der Waals surface area contributed by atoms with Gasteiger partial charge in [-0.05, 0) is 18.1 Å². The van der Waals surface area contributed by atoms with E-state index in [4.69, 9.17) is 5.11 Å². The lowest BCUT2D eigenvalue weighted by molar-refractivity contribution is 0.303. The predicted octanol–water partition coefficient (Wildman–Crippen LogP) is 0.877. The zero-order chi connectivity index (χ0) is 12.3. The van der Waals surface area contributed by atoms with Crippen molar-refractivity contribution in [2.24, 2.45) is 0 Å². The Balaban J connectivity index is 2.65. The van der Waals surface area contributed by atoms with Gasteiger partial charge in [0.1, 0.15) is 0 Å². The highest BCUT2D eigenvalue weighted by Crippen LogP contribution is 2.13. The molecule has 0 fully saturated rings. The van der Waals surface area contributed by atoms with Crippen LogP contribution < -0.4 is 11.4 Å². The van der Waals surface area contributed by atoms with Crippen LogP contribution in [0.5, 0.6) is 0 Å². The molecule has 0 radical (unpaired) electrons. The molecule has 0 spiro atoms. The summed E-state index contributed by atoms with van der Waals surface area (Å²) in [6.07, 6.45) is 3.97. The minimum Gasteiger partial charge on any atom is -0.396 e. The summed E-state index contributed by atoms with van der Waals surface area (Å²) in [5.41, 5.74) is 0.436. The second-order valence-electron chi connectivity index (χ2n) is 3.49. The van der Waals surface area contributed by atoms with E-state index in [1.807, 2.05) is 0 Å². The van der Waals surface area contributed by atoms with E-state index in [0.717, 1.165) is 0 Å². The molecule has 5 nitrogen and oxygen atoms in total. The van der Waals surface area contributed by atoms with E-state index in [9.17, 15) is 9.59 Å². The molecule has 88 valence electrons. The van der Waals surface area contributed by atoms with E-state index >= 15 is 0 Å². The maximum Gasteiger partial charge on any atom is 0.419 e. The molecule has 0 saturated carbocycles. The lowest BCUT2D eigenvalue weighted by Crippen LogP contribution is -2.15. The van der Waals surface area contributed by atoms with Gasteiger partial charge in [0, 0.05) is 6.61 Å². The third kappa shape index (κ3) is 2.34. The number of nitrogens with one attached hydrogen (secondary N) is 1. The molecule has 0 saturated heterocycles. The predicted molar refractivity (Wildman–Crippen MR) is 63.8 cm³/mol. The van der Waals surface area contributed by atoms with Crippen LogP contribution in [0.15, 0.2) is 38.3 Å². The highest BCUT2D eigenvalue weighted by atomic mass is 16.4. The van der Waals surface area contributed by atoms with E-state index < -0.39 is 11.4 Å². The van der Waals surface area contributed by atoms with Gasteiger partial charge < -0.3 is 9.52 Å². The van der Waals surface area contributed by atoms with Crippen molar-refractivity contribution < 1.29 is 9.52 Å². The summed E-state index contributed by atoms with van der Waals surface area (Å²) in [4.78, 5) is 25.0. The summed E-state index contributed by atoms with van der Waals surface area (Å²) >= 11 is 0. The fraction of sp³-hybridized carbons (Fsp3) is 0.167. The Morgan fingerprint density at radius 3 is 2.94 bits per heavy atom. The first-order valence-electron chi connectivity index (χ1n) is 5.16. The molecule has 0 atom stereocenters. The zero-order valence-electron chi connectivity index (χ0n) is 8.97. The fourth-order valence-electron chi connectivity index (χ4n) is 1.60. The van der Waals surface area contributed by atoms with Crippen LogP contribution >= 0.6 is 0 Å². The highest BCUT2D eigenvalue weighted by Gasteiger charge is 2.05. The molecular weight excluding hydrogens is 222 g/mol. The summed E-state index contributed by atoms with van der Waals surface area (Å²) in [5, 5.41) is 9.00. The van der Waals surface area contributed by atoms with Gasteiger partial charge in [-0.3, -0.25) is 4.98 Å². The monoisotopic (exact) mass is 233 g/mol. The first-order valence-corrected chi connectivity index (χ1v) is 5.16. The molecule has 0 aliphatic rings. The zero-order valence-corrected chi connectivity index (χ0v) is 8.97. The van der Waals surface area contributed by atoms with Gasteiger partial charge in [0.15, 0.2) is 0 Å². The van der Waals surface area contributed by atoms with Crippen LogP contribution in [0.4, 0.5) is 0 Å². The van der Waals surface area contributed by atoms with Crippen LogP contribution in [0.25, 0.3) is 17.0 Å². The Morgan fingerprint density at radius 1 is 1.35 bits per heavy atom. The van der Waals surface area contributed by atoms with Gasteiger partial charge in [-0.1, -0.05) is 24.3 Å². The number of aliphatic hydroxyl groups excluding tert-OH is 1. The molecular formula is C12H11NO4. The van der Waals surface area contributed by atoms with Crippen molar-refractivity contribution in [3.05, 3.63) is 50.8 Å². The average molecular weight is 233 g/mol. The Kier molecular flexibility index (Phi) is 3.20. The van der Waals surface area contributed by atoms with E-state index in [0.29, 0.717) is 22.9 Å². The van der Waals surface area contributed by atoms with Gasteiger partial charge in [-0.15, -0.1) is 0 Å². The first-order chi connectivity index (χ1) is 8.22. The topological polar surface area (TPSA) is 83.3 Å². The number of benzene rings is 1. The molecule has 0 amide bonds. The molecule has 17 heavy (non-hydrogen) atoms. The smallest absolute Gasteiger partial charge is 0.396 e. The second kappa shape index (κ2) is 4.80. The number of hydrogen-bond donors (Lipinski definition) is 2. The van der Waals surface area contributed by atoms with Crippen molar-refractivity contribution in [3.63, 3.8) is 0 Å². The molecule has 2 rings (SSSR count). The summed E-state index contributed by atoms with van der Waals surface area (Å²) < 4.78 is 4.49. The SMILES string of the molecule is O=c1[nH]c2cccc(C=CCCO)c2c(=O)o1. The molecule has 0 bridgehead atoms. The lowest BCUT2D eigenvalue weighted by Gasteiger charge is -1.99. The first kappa shape index (κ1) is 11.3.